The van der Waals surface area contributed by atoms with Crippen LogP contribution in [0.1, 0.15) is 102 Å². The first-order chi connectivity index (χ1) is 18.1. The third-order valence-electron chi connectivity index (χ3n) is 7.11. The summed E-state index contributed by atoms with van der Waals surface area (Å²) in [6, 6.07) is 16.1. The molecule has 204 valence electrons. The maximum absolute atomic E-state index is 11.5. The summed E-state index contributed by atoms with van der Waals surface area (Å²) in [5.41, 5.74) is 1.68. The highest BCUT2D eigenvalue weighted by Gasteiger charge is 2.49. The Kier molecular flexibility index (Phi) is 12.0. The third kappa shape index (κ3) is 8.32. The lowest BCUT2D eigenvalue weighted by atomic mass is 10.00. The maximum atomic E-state index is 11.5. The number of rotatable bonds is 18. The highest BCUT2D eigenvalue weighted by molar-refractivity contribution is 5.55. The number of aliphatic hydroxyl groups is 3. The summed E-state index contributed by atoms with van der Waals surface area (Å²) in [5.74, 6) is -0.423. The van der Waals surface area contributed by atoms with Gasteiger partial charge >= 0.3 is 0 Å². The number of hydrogen-bond acceptors (Lipinski definition) is 6. The van der Waals surface area contributed by atoms with E-state index < -0.39 is 17.4 Å². The quantitative estimate of drug-likeness (QED) is 0.152. The van der Waals surface area contributed by atoms with E-state index in [0.29, 0.717) is 23.6 Å². The molecule has 0 fully saturated rings. The number of hydrazine groups is 1. The molecule has 0 spiro atoms. The largest absolute Gasteiger partial charge is 0.503 e. The Bertz CT molecular complexity index is 949. The molecule has 1 atom stereocenters. The molecule has 37 heavy (non-hydrogen) atoms. The summed E-state index contributed by atoms with van der Waals surface area (Å²) < 4.78 is 5.95. The molecule has 0 aromatic heterocycles. The first-order valence-electron chi connectivity index (χ1n) is 14.3. The molecule has 6 nitrogen and oxygen atoms in total. The fourth-order valence-corrected chi connectivity index (χ4v) is 4.89. The highest BCUT2D eigenvalue weighted by Crippen LogP contribution is 2.40. The molecule has 0 aliphatic carbocycles. The molecule has 0 saturated carbocycles. The molecular formula is C31H46N2O4. The number of benzene rings is 2. The van der Waals surface area contributed by atoms with Crippen molar-refractivity contribution in [3.8, 4) is 5.75 Å². The molecule has 0 amide bonds. The first-order valence-corrected chi connectivity index (χ1v) is 14.3. The molecule has 2 aromatic rings. The Morgan fingerprint density at radius 1 is 0.730 bits per heavy atom. The second-order valence-corrected chi connectivity index (χ2v) is 10.1. The van der Waals surface area contributed by atoms with Crippen molar-refractivity contribution < 1.29 is 20.1 Å². The summed E-state index contributed by atoms with van der Waals surface area (Å²) in [4.78, 5) is 0. The summed E-state index contributed by atoms with van der Waals surface area (Å²) in [6.07, 6.45) is 18.4. The van der Waals surface area contributed by atoms with Crippen LogP contribution in [0.15, 0.2) is 66.2 Å². The minimum atomic E-state index is -1.96. The van der Waals surface area contributed by atoms with E-state index in [9.17, 15) is 15.3 Å². The van der Waals surface area contributed by atoms with Gasteiger partial charge in [0.1, 0.15) is 5.75 Å². The summed E-state index contributed by atoms with van der Waals surface area (Å²) in [7, 11) is 0. The molecule has 3 rings (SSSR count). The van der Waals surface area contributed by atoms with Gasteiger partial charge in [-0.05, 0) is 30.7 Å². The summed E-state index contributed by atoms with van der Waals surface area (Å²) in [5, 5.41) is 33.5. The number of nitrogens with zero attached hydrogens (tertiary/aromatic N) is 1. The number of unbranched alkanes of at least 4 members (excludes halogenated alkanes) is 13. The number of para-hydroxylation sites is 1. The van der Waals surface area contributed by atoms with Crippen LogP contribution in [0, 0.1) is 0 Å². The Balaban J connectivity index is 1.35. The zero-order valence-electron chi connectivity index (χ0n) is 22.5. The van der Waals surface area contributed by atoms with E-state index in [1.54, 1.807) is 30.3 Å². The van der Waals surface area contributed by atoms with Gasteiger partial charge in [-0.1, -0.05) is 121 Å². The van der Waals surface area contributed by atoms with E-state index in [-0.39, 0.29) is 0 Å². The van der Waals surface area contributed by atoms with Gasteiger partial charge in [-0.25, -0.2) is 5.01 Å². The molecule has 4 N–H and O–H groups in total. The van der Waals surface area contributed by atoms with E-state index in [2.05, 4.69) is 12.3 Å². The van der Waals surface area contributed by atoms with Crippen molar-refractivity contribution in [1.82, 2.24) is 5.43 Å². The lowest BCUT2D eigenvalue weighted by molar-refractivity contribution is 0.0344. The number of ether oxygens (including phenoxy) is 1. The van der Waals surface area contributed by atoms with Crippen LogP contribution in [-0.4, -0.2) is 21.9 Å². The second-order valence-electron chi connectivity index (χ2n) is 10.1. The number of anilines is 1. The standard InChI is InChI=1S/C31H46N2O4/c1-2-3-4-5-6-7-8-9-10-11-12-13-14-18-24-37-28-23-19-20-26(25-28)31(36)29(34)30(35)32-33(31)27-21-16-15-17-22-27/h15-17,19-23,25,32,34-36H,2-14,18,24H2,1H3. The Hall–Kier alpha value is -2.86. The van der Waals surface area contributed by atoms with Crippen LogP contribution in [-0.2, 0) is 5.72 Å². The van der Waals surface area contributed by atoms with Crippen molar-refractivity contribution in [2.45, 2.75) is 103 Å². The van der Waals surface area contributed by atoms with Crippen molar-refractivity contribution in [2.24, 2.45) is 0 Å². The minimum absolute atomic E-state index is 0.392. The zero-order chi connectivity index (χ0) is 26.3. The molecule has 1 heterocycles. The number of nitrogens with one attached hydrogen (secondary N) is 1. The van der Waals surface area contributed by atoms with Crippen molar-refractivity contribution >= 4 is 5.69 Å². The fourth-order valence-electron chi connectivity index (χ4n) is 4.89. The smallest absolute Gasteiger partial charge is 0.248 e. The summed E-state index contributed by atoms with van der Waals surface area (Å²) >= 11 is 0. The number of aliphatic hydroxyl groups excluding tert-OH is 2. The second kappa shape index (κ2) is 15.4. The maximum Gasteiger partial charge on any atom is 0.248 e. The van der Waals surface area contributed by atoms with Gasteiger partial charge in [-0.3, -0.25) is 5.43 Å². The van der Waals surface area contributed by atoms with Gasteiger partial charge in [0, 0.05) is 5.56 Å². The third-order valence-corrected chi connectivity index (χ3v) is 7.11. The van der Waals surface area contributed by atoms with Crippen LogP contribution >= 0.6 is 0 Å². The van der Waals surface area contributed by atoms with Crippen LogP contribution in [0.4, 0.5) is 5.69 Å². The van der Waals surface area contributed by atoms with Gasteiger partial charge in [0.05, 0.1) is 12.3 Å². The summed E-state index contributed by atoms with van der Waals surface area (Å²) in [6.45, 7) is 2.87. The van der Waals surface area contributed by atoms with Crippen molar-refractivity contribution in [1.29, 1.82) is 0 Å². The van der Waals surface area contributed by atoms with E-state index in [4.69, 9.17) is 4.74 Å². The van der Waals surface area contributed by atoms with E-state index in [1.165, 1.54) is 82.1 Å². The lowest BCUT2D eigenvalue weighted by Gasteiger charge is -2.34. The Morgan fingerprint density at radius 2 is 1.30 bits per heavy atom. The first kappa shape index (κ1) is 28.7. The molecule has 6 heteroatoms. The number of hydrogen-bond donors (Lipinski definition) is 4. The lowest BCUT2D eigenvalue weighted by Crippen LogP contribution is -2.48. The minimum Gasteiger partial charge on any atom is -0.503 e. The zero-order valence-corrected chi connectivity index (χ0v) is 22.5. The fraction of sp³-hybridized carbons (Fsp3) is 0.548. The van der Waals surface area contributed by atoms with Gasteiger partial charge in [0.25, 0.3) is 0 Å². The van der Waals surface area contributed by atoms with E-state index in [0.717, 1.165) is 12.8 Å². The molecule has 0 saturated heterocycles. The molecule has 2 aromatic carbocycles. The average molecular weight is 511 g/mol. The molecule has 1 unspecified atom stereocenters. The van der Waals surface area contributed by atoms with Crippen molar-refractivity contribution in [3.05, 3.63) is 71.8 Å². The van der Waals surface area contributed by atoms with E-state index in [1.807, 2.05) is 24.3 Å². The van der Waals surface area contributed by atoms with Gasteiger partial charge < -0.3 is 20.1 Å². The van der Waals surface area contributed by atoms with Gasteiger partial charge in [-0.2, -0.15) is 0 Å². The van der Waals surface area contributed by atoms with Crippen LogP contribution in [0.5, 0.6) is 5.75 Å². The Labute approximate surface area is 223 Å². The van der Waals surface area contributed by atoms with Gasteiger partial charge in [0.15, 0.2) is 0 Å². The predicted molar refractivity (Wildman–Crippen MR) is 150 cm³/mol. The molecule has 0 radical (unpaired) electrons. The van der Waals surface area contributed by atoms with Crippen LogP contribution < -0.4 is 15.2 Å². The van der Waals surface area contributed by atoms with Crippen LogP contribution in [0.25, 0.3) is 0 Å². The monoisotopic (exact) mass is 510 g/mol. The average Bonchev–Trinajstić information content (AvgIpc) is 3.16. The SMILES string of the molecule is CCCCCCCCCCCCCCCCOc1cccc(C2(O)C(O)=C(O)NN2c2ccccc2)c1. The Morgan fingerprint density at radius 3 is 1.89 bits per heavy atom. The molecule has 1 aliphatic heterocycles. The van der Waals surface area contributed by atoms with Gasteiger partial charge in [-0.15, -0.1) is 0 Å². The predicted octanol–water partition coefficient (Wildman–Crippen LogP) is 8.00. The van der Waals surface area contributed by atoms with Crippen molar-refractivity contribution in [3.63, 3.8) is 0 Å². The highest BCUT2D eigenvalue weighted by atomic mass is 16.5. The van der Waals surface area contributed by atoms with Gasteiger partial charge in [0.2, 0.25) is 17.4 Å². The van der Waals surface area contributed by atoms with Crippen molar-refractivity contribution in [2.75, 3.05) is 11.6 Å². The van der Waals surface area contributed by atoms with Crippen LogP contribution in [0.2, 0.25) is 0 Å². The normalized spacial score (nSPS) is 17.3. The molecular weight excluding hydrogens is 464 g/mol. The van der Waals surface area contributed by atoms with E-state index >= 15 is 0 Å². The molecule has 1 aliphatic rings. The molecule has 0 bridgehead atoms. The van der Waals surface area contributed by atoms with Crippen LogP contribution in [0.3, 0.4) is 0 Å². The topological polar surface area (TPSA) is 85.2 Å².